The molecular formula is C9H15IO4. The van der Waals surface area contributed by atoms with Crippen molar-refractivity contribution in [3.8, 4) is 0 Å². The van der Waals surface area contributed by atoms with E-state index in [1.165, 1.54) is 6.92 Å². The zero-order valence-electron chi connectivity index (χ0n) is 8.53. The molecule has 1 aliphatic heterocycles. The van der Waals surface area contributed by atoms with Gasteiger partial charge in [-0.2, -0.15) is 0 Å². The van der Waals surface area contributed by atoms with Gasteiger partial charge < -0.3 is 14.2 Å². The molecule has 0 radical (unpaired) electrons. The highest BCUT2D eigenvalue weighted by Gasteiger charge is 2.37. The van der Waals surface area contributed by atoms with Crippen LogP contribution in [0.4, 0.5) is 0 Å². The highest BCUT2D eigenvalue weighted by Crippen LogP contribution is 2.28. The fourth-order valence-corrected chi connectivity index (χ4v) is 2.64. The molecule has 0 aliphatic carbocycles. The molecule has 1 heterocycles. The maximum absolute atomic E-state index is 10.8. The lowest BCUT2D eigenvalue weighted by molar-refractivity contribution is -0.211. The van der Waals surface area contributed by atoms with Gasteiger partial charge in [-0.1, -0.05) is 22.6 Å². The molecule has 0 aromatic rings. The van der Waals surface area contributed by atoms with E-state index < -0.39 is 0 Å². The summed E-state index contributed by atoms with van der Waals surface area (Å²) < 4.78 is 16.1. The fourth-order valence-electron chi connectivity index (χ4n) is 1.50. The zero-order valence-corrected chi connectivity index (χ0v) is 10.7. The second kappa shape index (κ2) is 5.27. The minimum absolute atomic E-state index is 0.112. The number of methoxy groups -OCH3 is 1. The Kier molecular flexibility index (Phi) is 4.59. The summed E-state index contributed by atoms with van der Waals surface area (Å²) in [6.45, 7) is 3.31. The second-order valence-electron chi connectivity index (χ2n) is 3.33. The Morgan fingerprint density at radius 1 is 1.57 bits per heavy atom. The summed E-state index contributed by atoms with van der Waals surface area (Å²) in [5.74, 6) is -0.261. The number of ether oxygens (including phenoxy) is 3. The summed E-state index contributed by atoms with van der Waals surface area (Å²) in [5.41, 5.74) is 0. The van der Waals surface area contributed by atoms with Crippen LogP contribution in [0.25, 0.3) is 0 Å². The first kappa shape index (κ1) is 12.2. The summed E-state index contributed by atoms with van der Waals surface area (Å²) in [6.07, 6.45) is 0.289. The van der Waals surface area contributed by atoms with Crippen LogP contribution >= 0.6 is 22.6 Å². The third kappa shape index (κ3) is 3.06. The molecule has 4 nitrogen and oxygen atoms in total. The largest absolute Gasteiger partial charge is 0.459 e. The van der Waals surface area contributed by atoms with Gasteiger partial charge in [0.25, 0.3) is 0 Å². The van der Waals surface area contributed by atoms with E-state index in [0.29, 0.717) is 0 Å². The number of alkyl halides is 1. The van der Waals surface area contributed by atoms with Gasteiger partial charge in [0.15, 0.2) is 6.29 Å². The van der Waals surface area contributed by atoms with Gasteiger partial charge in [0, 0.05) is 20.5 Å². The normalized spacial score (nSPS) is 38.0. The molecule has 1 rings (SSSR count). The zero-order chi connectivity index (χ0) is 10.7. The van der Waals surface area contributed by atoms with E-state index in [-0.39, 0.29) is 28.4 Å². The Labute approximate surface area is 97.4 Å². The van der Waals surface area contributed by atoms with E-state index in [1.54, 1.807) is 7.11 Å². The summed E-state index contributed by atoms with van der Waals surface area (Å²) in [7, 11) is 1.62. The van der Waals surface area contributed by atoms with Crippen molar-refractivity contribution in [2.45, 2.75) is 42.7 Å². The highest BCUT2D eigenvalue weighted by molar-refractivity contribution is 14.1. The van der Waals surface area contributed by atoms with Gasteiger partial charge >= 0.3 is 5.97 Å². The number of esters is 1. The van der Waals surface area contributed by atoms with Crippen LogP contribution in [0.15, 0.2) is 0 Å². The molecule has 14 heavy (non-hydrogen) atoms. The standard InChI is InChI=1S/C9H15IO4/c1-5-9(14-6(2)11)7(10)4-8(12-3)13-5/h5,7-9H,4H2,1-3H3/t5-,7-,8+,9-/m0/s1. The number of rotatable bonds is 2. The molecule has 1 saturated heterocycles. The van der Waals surface area contributed by atoms with Crippen LogP contribution in [-0.4, -0.2) is 35.5 Å². The van der Waals surface area contributed by atoms with Crippen molar-refractivity contribution in [1.82, 2.24) is 0 Å². The van der Waals surface area contributed by atoms with Gasteiger partial charge in [0.05, 0.1) is 10.0 Å². The molecular weight excluding hydrogens is 299 g/mol. The van der Waals surface area contributed by atoms with Gasteiger partial charge in [-0.15, -0.1) is 0 Å². The lowest BCUT2D eigenvalue weighted by atomic mass is 10.1. The van der Waals surface area contributed by atoms with E-state index >= 15 is 0 Å². The third-order valence-corrected chi connectivity index (χ3v) is 3.39. The maximum atomic E-state index is 10.8. The minimum atomic E-state index is -0.261. The summed E-state index contributed by atoms with van der Waals surface area (Å²) >= 11 is 2.27. The fraction of sp³-hybridized carbons (Fsp3) is 0.889. The first-order valence-electron chi connectivity index (χ1n) is 4.54. The van der Waals surface area contributed by atoms with Crippen molar-refractivity contribution in [1.29, 1.82) is 0 Å². The van der Waals surface area contributed by atoms with E-state index in [4.69, 9.17) is 14.2 Å². The predicted octanol–water partition coefficient (Wildman–Crippen LogP) is 1.50. The molecule has 0 N–H and O–H groups in total. The number of hydrogen-bond donors (Lipinski definition) is 0. The Bertz CT molecular complexity index is 197. The maximum Gasteiger partial charge on any atom is 0.303 e. The molecule has 5 heteroatoms. The van der Waals surface area contributed by atoms with E-state index in [0.717, 1.165) is 6.42 Å². The van der Waals surface area contributed by atoms with Crippen molar-refractivity contribution in [2.24, 2.45) is 0 Å². The topological polar surface area (TPSA) is 44.8 Å². The van der Waals surface area contributed by atoms with Crippen LogP contribution in [0.2, 0.25) is 0 Å². The highest BCUT2D eigenvalue weighted by atomic mass is 127. The van der Waals surface area contributed by atoms with Crippen molar-refractivity contribution in [2.75, 3.05) is 7.11 Å². The van der Waals surface area contributed by atoms with Crippen LogP contribution in [0.1, 0.15) is 20.3 Å². The average molecular weight is 314 g/mol. The molecule has 0 aromatic heterocycles. The van der Waals surface area contributed by atoms with Crippen LogP contribution in [0, 0.1) is 0 Å². The summed E-state index contributed by atoms with van der Waals surface area (Å²) in [6, 6.07) is 0. The summed E-state index contributed by atoms with van der Waals surface area (Å²) in [4.78, 5) is 10.8. The van der Waals surface area contributed by atoms with E-state index in [1.807, 2.05) is 6.92 Å². The monoisotopic (exact) mass is 314 g/mol. The predicted molar refractivity (Wildman–Crippen MR) is 59.3 cm³/mol. The van der Waals surface area contributed by atoms with Gasteiger partial charge in [0.2, 0.25) is 0 Å². The first-order valence-corrected chi connectivity index (χ1v) is 5.78. The molecule has 0 aromatic carbocycles. The number of hydrogen-bond acceptors (Lipinski definition) is 4. The van der Waals surface area contributed by atoms with E-state index in [9.17, 15) is 4.79 Å². The lowest BCUT2D eigenvalue weighted by Crippen LogP contribution is -2.46. The smallest absolute Gasteiger partial charge is 0.303 e. The van der Waals surface area contributed by atoms with Crippen LogP contribution in [0.3, 0.4) is 0 Å². The Morgan fingerprint density at radius 3 is 2.64 bits per heavy atom. The molecule has 1 aliphatic rings. The molecule has 0 saturated carbocycles. The Hall–Kier alpha value is 0.120. The first-order chi connectivity index (χ1) is 6.54. The van der Waals surface area contributed by atoms with Gasteiger partial charge in [-0.25, -0.2) is 0 Å². The Morgan fingerprint density at radius 2 is 2.21 bits per heavy atom. The molecule has 1 fully saturated rings. The van der Waals surface area contributed by atoms with Crippen molar-refractivity contribution in [3.63, 3.8) is 0 Å². The molecule has 4 atom stereocenters. The van der Waals surface area contributed by atoms with E-state index in [2.05, 4.69) is 22.6 Å². The molecule has 0 unspecified atom stereocenters. The minimum Gasteiger partial charge on any atom is -0.459 e. The molecule has 0 amide bonds. The van der Waals surface area contributed by atoms with Gasteiger partial charge in [-0.3, -0.25) is 4.79 Å². The van der Waals surface area contributed by atoms with Crippen LogP contribution in [-0.2, 0) is 19.0 Å². The second-order valence-corrected chi connectivity index (χ2v) is 4.93. The lowest BCUT2D eigenvalue weighted by Gasteiger charge is -2.36. The molecule has 0 spiro atoms. The average Bonchev–Trinajstić information content (AvgIpc) is 2.10. The van der Waals surface area contributed by atoms with Crippen LogP contribution < -0.4 is 0 Å². The van der Waals surface area contributed by atoms with Gasteiger partial charge in [-0.05, 0) is 6.92 Å². The number of halogens is 1. The number of carbonyl (C=O) groups is 1. The Balaban J connectivity index is 2.55. The van der Waals surface area contributed by atoms with Crippen molar-refractivity contribution >= 4 is 28.6 Å². The SMILES string of the molecule is CO[C@H]1C[C@H](I)[C@@H](OC(C)=O)[C@H](C)O1. The van der Waals surface area contributed by atoms with Crippen molar-refractivity contribution in [3.05, 3.63) is 0 Å². The van der Waals surface area contributed by atoms with Gasteiger partial charge in [0.1, 0.15) is 6.10 Å². The molecule has 0 bridgehead atoms. The third-order valence-electron chi connectivity index (χ3n) is 2.17. The molecule has 82 valence electrons. The summed E-state index contributed by atoms with van der Waals surface area (Å²) in [5, 5.41) is 0. The van der Waals surface area contributed by atoms with Crippen molar-refractivity contribution < 1.29 is 19.0 Å². The number of carbonyl (C=O) groups excluding carboxylic acids is 1. The van der Waals surface area contributed by atoms with Crippen LogP contribution in [0.5, 0.6) is 0 Å². The quantitative estimate of drug-likeness (QED) is 0.440.